The molecular formula is C16H20F3NO5. The van der Waals surface area contributed by atoms with Gasteiger partial charge >= 0.3 is 18.4 Å². The van der Waals surface area contributed by atoms with Crippen LogP contribution in [0.4, 0.5) is 18.0 Å². The number of rotatable bonds is 6. The monoisotopic (exact) mass is 363 g/mol. The highest BCUT2D eigenvalue weighted by Crippen LogP contribution is 2.23. The third kappa shape index (κ3) is 8.83. The van der Waals surface area contributed by atoms with Crippen molar-refractivity contribution in [1.82, 2.24) is 5.32 Å². The van der Waals surface area contributed by atoms with Crippen molar-refractivity contribution in [3.05, 3.63) is 29.8 Å². The van der Waals surface area contributed by atoms with Gasteiger partial charge in [-0.2, -0.15) is 0 Å². The molecule has 0 saturated carbocycles. The number of nitrogens with one attached hydrogen (secondary N) is 1. The summed E-state index contributed by atoms with van der Waals surface area (Å²) in [4.78, 5) is 22.9. The Morgan fingerprint density at radius 2 is 1.72 bits per heavy atom. The molecule has 0 aliphatic carbocycles. The van der Waals surface area contributed by atoms with Crippen LogP contribution >= 0.6 is 0 Å². The molecule has 1 amide bonds. The fourth-order valence-electron chi connectivity index (χ4n) is 1.88. The minimum Gasteiger partial charge on any atom is -0.480 e. The van der Waals surface area contributed by atoms with E-state index < -0.39 is 30.1 Å². The largest absolute Gasteiger partial charge is 0.573 e. The second-order valence-corrected chi connectivity index (χ2v) is 6.27. The van der Waals surface area contributed by atoms with Crippen molar-refractivity contribution in [3.8, 4) is 5.75 Å². The number of carbonyl (C=O) groups excluding carboxylic acids is 1. The summed E-state index contributed by atoms with van der Waals surface area (Å²) in [7, 11) is 0. The van der Waals surface area contributed by atoms with E-state index >= 15 is 0 Å². The van der Waals surface area contributed by atoms with Crippen LogP contribution in [0.5, 0.6) is 5.75 Å². The molecule has 2 N–H and O–H groups in total. The average Bonchev–Trinajstić information content (AvgIpc) is 2.41. The molecule has 0 fully saturated rings. The molecule has 0 radical (unpaired) electrons. The first kappa shape index (κ1) is 20.6. The lowest BCUT2D eigenvalue weighted by Crippen LogP contribution is -2.43. The quantitative estimate of drug-likeness (QED) is 0.808. The van der Waals surface area contributed by atoms with Gasteiger partial charge in [0.05, 0.1) is 0 Å². The smallest absolute Gasteiger partial charge is 0.480 e. The number of aliphatic carboxylic acids is 1. The van der Waals surface area contributed by atoms with Crippen LogP contribution in [-0.4, -0.2) is 35.2 Å². The summed E-state index contributed by atoms with van der Waals surface area (Å²) in [6.07, 6.45) is -5.34. The molecule has 9 heteroatoms. The van der Waals surface area contributed by atoms with E-state index in [0.717, 1.165) is 12.1 Å². The molecule has 1 rings (SSSR count). The van der Waals surface area contributed by atoms with Gasteiger partial charge in [-0.15, -0.1) is 13.2 Å². The lowest BCUT2D eigenvalue weighted by atomic mass is 10.1. The van der Waals surface area contributed by atoms with Crippen molar-refractivity contribution >= 4 is 12.1 Å². The number of hydrogen-bond donors (Lipinski definition) is 2. The van der Waals surface area contributed by atoms with Crippen molar-refractivity contribution in [2.45, 2.75) is 51.6 Å². The Hall–Kier alpha value is -2.45. The summed E-state index contributed by atoms with van der Waals surface area (Å²) < 4.78 is 45.0. The van der Waals surface area contributed by atoms with E-state index in [-0.39, 0.29) is 18.6 Å². The molecule has 0 saturated heterocycles. The molecule has 0 aromatic heterocycles. The molecule has 0 aliphatic rings. The van der Waals surface area contributed by atoms with Gasteiger partial charge < -0.3 is 19.9 Å². The lowest BCUT2D eigenvalue weighted by molar-refractivity contribution is -0.274. The topological polar surface area (TPSA) is 84.9 Å². The van der Waals surface area contributed by atoms with Crippen molar-refractivity contribution in [2.24, 2.45) is 0 Å². The molecule has 0 heterocycles. The van der Waals surface area contributed by atoms with Crippen molar-refractivity contribution in [3.63, 3.8) is 0 Å². The maximum Gasteiger partial charge on any atom is 0.573 e. The minimum absolute atomic E-state index is 0.0497. The number of carboxylic acid groups (broad SMARTS) is 1. The third-order valence-corrected chi connectivity index (χ3v) is 2.87. The van der Waals surface area contributed by atoms with Crippen LogP contribution in [0.2, 0.25) is 0 Å². The molecular weight excluding hydrogens is 343 g/mol. The normalized spacial score (nSPS) is 13.0. The summed E-state index contributed by atoms with van der Waals surface area (Å²) >= 11 is 0. The van der Waals surface area contributed by atoms with Gasteiger partial charge in [-0.05, 0) is 51.3 Å². The number of hydrogen-bond acceptors (Lipinski definition) is 4. The number of benzene rings is 1. The Bertz CT molecular complexity index is 593. The number of alkyl carbamates (subject to hydrolysis) is 1. The first-order valence-electron chi connectivity index (χ1n) is 7.43. The number of ether oxygens (including phenoxy) is 2. The molecule has 6 nitrogen and oxygen atoms in total. The van der Waals surface area contributed by atoms with Gasteiger partial charge in [0.15, 0.2) is 0 Å². The number of amides is 1. The van der Waals surface area contributed by atoms with Crippen LogP contribution < -0.4 is 10.1 Å². The van der Waals surface area contributed by atoms with Crippen LogP contribution in [0.15, 0.2) is 24.3 Å². The van der Waals surface area contributed by atoms with Gasteiger partial charge in [0.2, 0.25) is 0 Å². The summed E-state index contributed by atoms with van der Waals surface area (Å²) in [5.41, 5.74) is -0.159. The van der Waals surface area contributed by atoms with Gasteiger partial charge in [0.25, 0.3) is 0 Å². The number of carbonyl (C=O) groups is 2. The minimum atomic E-state index is -4.77. The zero-order chi connectivity index (χ0) is 19.3. The van der Waals surface area contributed by atoms with E-state index in [9.17, 15) is 22.8 Å². The Kier molecular flexibility index (Phi) is 6.66. The van der Waals surface area contributed by atoms with Crippen LogP contribution in [0.3, 0.4) is 0 Å². The van der Waals surface area contributed by atoms with Crippen molar-refractivity contribution < 1.29 is 37.3 Å². The van der Waals surface area contributed by atoms with E-state index in [2.05, 4.69) is 10.1 Å². The number of alkyl halides is 3. The Morgan fingerprint density at radius 3 is 2.16 bits per heavy atom. The molecule has 0 spiro atoms. The highest BCUT2D eigenvalue weighted by atomic mass is 19.4. The Balaban J connectivity index is 2.60. The molecule has 1 aromatic carbocycles. The van der Waals surface area contributed by atoms with Gasteiger partial charge in [0, 0.05) is 0 Å². The molecule has 0 bridgehead atoms. The van der Waals surface area contributed by atoms with Crippen molar-refractivity contribution in [2.75, 3.05) is 0 Å². The highest BCUT2D eigenvalue weighted by Gasteiger charge is 2.31. The van der Waals surface area contributed by atoms with Crippen molar-refractivity contribution in [1.29, 1.82) is 0 Å². The Morgan fingerprint density at radius 1 is 1.16 bits per heavy atom. The van der Waals surface area contributed by atoms with Gasteiger partial charge in [-0.25, -0.2) is 9.59 Å². The summed E-state index contributed by atoms with van der Waals surface area (Å²) in [5.74, 6) is -1.60. The van der Waals surface area contributed by atoms with Gasteiger partial charge in [-0.3, -0.25) is 0 Å². The van der Waals surface area contributed by atoms with E-state index in [4.69, 9.17) is 9.84 Å². The number of aryl methyl sites for hydroxylation is 1. The van der Waals surface area contributed by atoms with E-state index in [1.54, 1.807) is 20.8 Å². The summed E-state index contributed by atoms with van der Waals surface area (Å²) in [6.45, 7) is 4.94. The predicted molar refractivity (Wildman–Crippen MR) is 82.2 cm³/mol. The first-order valence-corrected chi connectivity index (χ1v) is 7.43. The van der Waals surface area contributed by atoms with E-state index in [1.165, 1.54) is 12.1 Å². The summed E-state index contributed by atoms with van der Waals surface area (Å²) in [6, 6.07) is 3.89. The fourth-order valence-corrected chi connectivity index (χ4v) is 1.88. The number of halogens is 3. The number of carboxylic acids is 1. The standard InChI is InChI=1S/C16H20F3NO5/c1-15(2,3)25-14(23)20-12(13(21)22)9-6-10-4-7-11(8-5-10)24-16(17,18)19/h4-5,7-8,12H,6,9H2,1-3H3,(H,20,23)(H,21,22). The zero-order valence-electron chi connectivity index (χ0n) is 14.0. The van der Waals surface area contributed by atoms with Crippen LogP contribution in [0.1, 0.15) is 32.8 Å². The third-order valence-electron chi connectivity index (χ3n) is 2.87. The molecule has 1 atom stereocenters. The van der Waals surface area contributed by atoms with Crippen LogP contribution in [0, 0.1) is 0 Å². The second kappa shape index (κ2) is 8.09. The van der Waals surface area contributed by atoms with E-state index in [1.807, 2.05) is 0 Å². The fraction of sp³-hybridized carbons (Fsp3) is 0.500. The van der Waals surface area contributed by atoms with Gasteiger partial charge in [-0.1, -0.05) is 12.1 Å². The predicted octanol–water partition coefficient (Wildman–Crippen LogP) is 3.50. The summed E-state index contributed by atoms with van der Waals surface area (Å²) in [5, 5.41) is 11.4. The maximum absolute atomic E-state index is 12.1. The second-order valence-electron chi connectivity index (χ2n) is 6.27. The molecule has 0 aliphatic heterocycles. The van der Waals surface area contributed by atoms with Crippen LogP contribution in [-0.2, 0) is 16.0 Å². The zero-order valence-corrected chi connectivity index (χ0v) is 14.0. The van der Waals surface area contributed by atoms with Gasteiger partial charge in [0.1, 0.15) is 17.4 Å². The molecule has 1 unspecified atom stereocenters. The lowest BCUT2D eigenvalue weighted by Gasteiger charge is -2.22. The van der Waals surface area contributed by atoms with Crippen LogP contribution in [0.25, 0.3) is 0 Å². The SMILES string of the molecule is CC(C)(C)OC(=O)NC(CCc1ccc(OC(F)(F)F)cc1)C(=O)O. The molecule has 140 valence electrons. The first-order chi connectivity index (χ1) is 11.4. The Labute approximate surface area is 142 Å². The van der Waals surface area contributed by atoms with E-state index in [0.29, 0.717) is 5.56 Å². The molecule has 25 heavy (non-hydrogen) atoms. The molecule has 1 aromatic rings. The highest BCUT2D eigenvalue weighted by molar-refractivity contribution is 5.80. The maximum atomic E-state index is 12.1. The average molecular weight is 363 g/mol.